The van der Waals surface area contributed by atoms with Gasteiger partial charge in [0, 0.05) is 13.2 Å². The van der Waals surface area contributed by atoms with Crippen LogP contribution in [0, 0.1) is 0 Å². The summed E-state index contributed by atoms with van der Waals surface area (Å²) in [6.07, 6.45) is 2.22. The van der Waals surface area contributed by atoms with Gasteiger partial charge in [-0.1, -0.05) is 17.4 Å². The smallest absolute Gasteiger partial charge is 0.102 e. The molecule has 88 valence electrons. The predicted octanol–water partition coefficient (Wildman–Crippen LogP) is 1.16. The molecule has 1 atom stereocenters. The van der Waals surface area contributed by atoms with E-state index in [1.807, 2.05) is 11.6 Å². The van der Waals surface area contributed by atoms with Gasteiger partial charge < -0.3 is 10.5 Å². The van der Waals surface area contributed by atoms with E-state index in [0.717, 1.165) is 36.4 Å². The van der Waals surface area contributed by atoms with Crippen molar-refractivity contribution in [1.29, 1.82) is 0 Å². The molecule has 0 bridgehead atoms. The van der Waals surface area contributed by atoms with Crippen molar-refractivity contribution in [3.05, 3.63) is 23.5 Å². The third-order valence-electron chi connectivity index (χ3n) is 2.69. The maximum Gasteiger partial charge on any atom is 0.102 e. The van der Waals surface area contributed by atoms with E-state index in [1.165, 1.54) is 0 Å². The Hall–Kier alpha value is -1.20. The van der Waals surface area contributed by atoms with Crippen molar-refractivity contribution in [2.75, 3.05) is 6.61 Å². The molecular formula is C11H18N4O. The number of aromatic nitrogens is 3. The van der Waals surface area contributed by atoms with Gasteiger partial charge >= 0.3 is 0 Å². The van der Waals surface area contributed by atoms with Gasteiger partial charge in [-0.05, 0) is 19.8 Å². The Morgan fingerprint density at radius 3 is 3.06 bits per heavy atom. The molecular weight excluding hydrogens is 204 g/mol. The summed E-state index contributed by atoms with van der Waals surface area (Å²) in [5, 5.41) is 8.22. The Balaban J connectivity index is 2.29. The summed E-state index contributed by atoms with van der Waals surface area (Å²) in [6, 6.07) is 0. The number of hydrogen-bond donors (Lipinski definition) is 1. The quantitative estimate of drug-likeness (QED) is 0.776. The van der Waals surface area contributed by atoms with Gasteiger partial charge in [0.2, 0.25) is 0 Å². The van der Waals surface area contributed by atoms with Crippen LogP contribution in [0.25, 0.3) is 0 Å². The molecule has 0 aliphatic carbocycles. The van der Waals surface area contributed by atoms with Crippen molar-refractivity contribution >= 4 is 0 Å². The van der Waals surface area contributed by atoms with E-state index in [2.05, 4.69) is 16.9 Å². The van der Waals surface area contributed by atoms with Crippen LogP contribution in [0.5, 0.6) is 0 Å². The number of nitrogens with two attached hydrogens (primary N) is 1. The first-order chi connectivity index (χ1) is 7.72. The molecule has 0 saturated carbocycles. The van der Waals surface area contributed by atoms with E-state index >= 15 is 0 Å². The van der Waals surface area contributed by atoms with Crippen molar-refractivity contribution in [3.63, 3.8) is 0 Å². The van der Waals surface area contributed by atoms with Crippen LogP contribution in [0.2, 0.25) is 0 Å². The van der Waals surface area contributed by atoms with Crippen LogP contribution in [0.3, 0.4) is 0 Å². The minimum absolute atomic E-state index is 0.105. The molecule has 1 aromatic rings. The lowest BCUT2D eigenvalue weighted by molar-refractivity contribution is 0.104. The Kier molecular flexibility index (Phi) is 3.36. The number of hydrogen-bond acceptors (Lipinski definition) is 4. The van der Waals surface area contributed by atoms with Gasteiger partial charge in [-0.15, -0.1) is 5.10 Å². The summed E-state index contributed by atoms with van der Waals surface area (Å²) in [5.41, 5.74) is 8.59. The number of allylic oxidation sites excluding steroid dienone is 1. The van der Waals surface area contributed by atoms with E-state index in [0.29, 0.717) is 13.1 Å². The van der Waals surface area contributed by atoms with Crippen molar-refractivity contribution in [2.45, 2.75) is 39.0 Å². The molecule has 0 aromatic carbocycles. The molecule has 2 rings (SSSR count). The fourth-order valence-electron chi connectivity index (χ4n) is 2.02. The predicted molar refractivity (Wildman–Crippen MR) is 60.7 cm³/mol. The Bertz CT molecular complexity index is 379. The summed E-state index contributed by atoms with van der Waals surface area (Å²) in [4.78, 5) is 0. The SMILES string of the molecule is C=C(C)Cn1nnc(CN)c1C1CCCO1. The van der Waals surface area contributed by atoms with Crippen molar-refractivity contribution in [3.8, 4) is 0 Å². The van der Waals surface area contributed by atoms with Gasteiger partial charge in [-0.2, -0.15) is 0 Å². The number of rotatable bonds is 4. The zero-order valence-corrected chi connectivity index (χ0v) is 9.65. The molecule has 0 amide bonds. The molecule has 1 aliphatic heterocycles. The molecule has 1 fully saturated rings. The van der Waals surface area contributed by atoms with Crippen LogP contribution in [0.15, 0.2) is 12.2 Å². The third-order valence-corrected chi connectivity index (χ3v) is 2.69. The highest BCUT2D eigenvalue weighted by molar-refractivity contribution is 5.15. The van der Waals surface area contributed by atoms with E-state index in [1.54, 1.807) is 0 Å². The highest BCUT2D eigenvalue weighted by Crippen LogP contribution is 2.30. The molecule has 16 heavy (non-hydrogen) atoms. The number of nitrogens with zero attached hydrogens (tertiary/aromatic N) is 3. The minimum atomic E-state index is 0.105. The van der Waals surface area contributed by atoms with Gasteiger partial charge in [0.1, 0.15) is 11.8 Å². The summed E-state index contributed by atoms with van der Waals surface area (Å²) < 4.78 is 7.54. The van der Waals surface area contributed by atoms with Gasteiger partial charge in [0.05, 0.1) is 12.2 Å². The molecule has 1 saturated heterocycles. The standard InChI is InChI=1S/C11H18N4O/c1-8(2)7-15-11(9(6-12)13-14-15)10-4-3-5-16-10/h10H,1,3-7,12H2,2H3. The molecule has 1 aliphatic rings. The maximum atomic E-state index is 5.68. The lowest BCUT2D eigenvalue weighted by Crippen LogP contribution is -2.12. The minimum Gasteiger partial charge on any atom is -0.372 e. The molecule has 2 heterocycles. The van der Waals surface area contributed by atoms with Gasteiger partial charge in [0.15, 0.2) is 0 Å². The molecule has 1 unspecified atom stereocenters. The van der Waals surface area contributed by atoms with Crippen LogP contribution in [0.1, 0.15) is 37.3 Å². The highest BCUT2D eigenvalue weighted by Gasteiger charge is 2.25. The Labute approximate surface area is 95.3 Å². The largest absolute Gasteiger partial charge is 0.372 e. The average molecular weight is 222 g/mol. The first-order valence-electron chi connectivity index (χ1n) is 5.60. The van der Waals surface area contributed by atoms with Crippen LogP contribution >= 0.6 is 0 Å². The third kappa shape index (κ3) is 2.15. The second-order valence-corrected chi connectivity index (χ2v) is 4.24. The molecule has 1 aromatic heterocycles. The fourth-order valence-corrected chi connectivity index (χ4v) is 2.02. The lowest BCUT2D eigenvalue weighted by atomic mass is 10.1. The maximum absolute atomic E-state index is 5.68. The van der Waals surface area contributed by atoms with E-state index in [4.69, 9.17) is 10.5 Å². The topological polar surface area (TPSA) is 66.0 Å². The van der Waals surface area contributed by atoms with E-state index in [9.17, 15) is 0 Å². The monoisotopic (exact) mass is 222 g/mol. The normalized spacial score (nSPS) is 20.2. The van der Waals surface area contributed by atoms with Gasteiger partial charge in [0.25, 0.3) is 0 Å². The Morgan fingerprint density at radius 2 is 2.50 bits per heavy atom. The van der Waals surface area contributed by atoms with Crippen LogP contribution in [0.4, 0.5) is 0 Å². The second-order valence-electron chi connectivity index (χ2n) is 4.24. The lowest BCUT2D eigenvalue weighted by Gasteiger charge is -2.13. The van der Waals surface area contributed by atoms with Crippen LogP contribution < -0.4 is 5.73 Å². The highest BCUT2D eigenvalue weighted by atomic mass is 16.5. The first-order valence-corrected chi connectivity index (χ1v) is 5.60. The molecule has 2 N–H and O–H groups in total. The van der Waals surface area contributed by atoms with Crippen LogP contribution in [-0.4, -0.2) is 21.6 Å². The van der Waals surface area contributed by atoms with Gasteiger partial charge in [-0.3, -0.25) is 0 Å². The van der Waals surface area contributed by atoms with Crippen molar-refractivity contribution in [1.82, 2.24) is 15.0 Å². The van der Waals surface area contributed by atoms with Crippen LogP contribution in [-0.2, 0) is 17.8 Å². The summed E-state index contributed by atoms with van der Waals surface area (Å²) in [6.45, 7) is 7.77. The average Bonchev–Trinajstić information content (AvgIpc) is 2.84. The van der Waals surface area contributed by atoms with Crippen molar-refractivity contribution in [2.24, 2.45) is 5.73 Å². The second kappa shape index (κ2) is 4.76. The van der Waals surface area contributed by atoms with E-state index in [-0.39, 0.29) is 6.10 Å². The zero-order valence-electron chi connectivity index (χ0n) is 9.65. The molecule has 5 heteroatoms. The fraction of sp³-hybridized carbons (Fsp3) is 0.636. The summed E-state index contributed by atoms with van der Waals surface area (Å²) in [7, 11) is 0. The first kappa shape index (κ1) is 11.3. The van der Waals surface area contributed by atoms with Crippen molar-refractivity contribution < 1.29 is 4.74 Å². The molecule has 0 spiro atoms. The summed E-state index contributed by atoms with van der Waals surface area (Å²) >= 11 is 0. The number of ether oxygens (including phenoxy) is 1. The van der Waals surface area contributed by atoms with E-state index < -0.39 is 0 Å². The molecule has 5 nitrogen and oxygen atoms in total. The zero-order chi connectivity index (χ0) is 11.5. The summed E-state index contributed by atoms with van der Waals surface area (Å²) in [5.74, 6) is 0. The molecule has 0 radical (unpaired) electrons. The van der Waals surface area contributed by atoms with Gasteiger partial charge in [-0.25, -0.2) is 4.68 Å². The Morgan fingerprint density at radius 1 is 1.69 bits per heavy atom.